The molecule has 0 atom stereocenters. The number of hydrogen-bond acceptors (Lipinski definition) is 5. The summed E-state index contributed by atoms with van der Waals surface area (Å²) in [4.78, 5) is 16.1. The molecule has 2 aromatic rings. The van der Waals surface area contributed by atoms with Crippen molar-refractivity contribution in [3.05, 3.63) is 51.6 Å². The van der Waals surface area contributed by atoms with Crippen LogP contribution in [0.25, 0.3) is 0 Å². The molecule has 4 N–H and O–H groups in total. The van der Waals surface area contributed by atoms with E-state index >= 15 is 0 Å². The van der Waals surface area contributed by atoms with Crippen LogP contribution in [0.5, 0.6) is 5.88 Å². The molecule has 23 heavy (non-hydrogen) atoms. The van der Waals surface area contributed by atoms with Crippen LogP contribution >= 0.6 is 27.5 Å². The number of nitrogens with zero attached hydrogens (tertiary/aromatic N) is 3. The molecule has 0 saturated carbocycles. The third kappa shape index (κ3) is 4.32. The molecule has 1 heterocycles. The minimum atomic E-state index is -0.589. The lowest BCUT2D eigenvalue weighted by Crippen LogP contribution is -2.49. The minimum Gasteiger partial charge on any atom is -0.473 e. The lowest BCUT2D eigenvalue weighted by Gasteiger charge is -2.23. The van der Waals surface area contributed by atoms with Crippen molar-refractivity contribution in [2.75, 3.05) is 12.1 Å². The fraction of sp³-hybridized carbons (Fsp3) is 0.143. The Morgan fingerprint density at radius 2 is 2.00 bits per heavy atom. The number of halogens is 2. The summed E-state index contributed by atoms with van der Waals surface area (Å²) in [6.45, 7) is 0.0910. The molecule has 0 saturated heterocycles. The van der Waals surface area contributed by atoms with Crippen LogP contribution in [0.3, 0.4) is 0 Å². The first-order valence-corrected chi connectivity index (χ1v) is 7.67. The van der Waals surface area contributed by atoms with Crippen LogP contribution in [0.4, 0.5) is 10.5 Å². The molecule has 2 rings (SSSR count). The van der Waals surface area contributed by atoms with Gasteiger partial charge in [-0.25, -0.2) is 26.5 Å². The molecule has 0 bridgehead atoms. The number of urea groups is 1. The van der Waals surface area contributed by atoms with Crippen LogP contribution in [0.1, 0.15) is 5.56 Å². The van der Waals surface area contributed by atoms with Gasteiger partial charge >= 0.3 is 6.03 Å². The minimum absolute atomic E-state index is 0.0910. The third-order valence-electron chi connectivity index (χ3n) is 2.92. The fourth-order valence-corrected chi connectivity index (χ4v) is 2.36. The van der Waals surface area contributed by atoms with Gasteiger partial charge in [0.2, 0.25) is 5.88 Å². The predicted molar refractivity (Wildman–Crippen MR) is 91.7 cm³/mol. The number of anilines is 1. The highest BCUT2D eigenvalue weighted by atomic mass is 79.9. The van der Waals surface area contributed by atoms with Crippen LogP contribution in [0, 0.1) is 0 Å². The van der Waals surface area contributed by atoms with E-state index in [-0.39, 0.29) is 6.61 Å². The van der Waals surface area contributed by atoms with Gasteiger partial charge in [-0.05, 0) is 34.1 Å². The molecule has 0 fully saturated rings. The summed E-state index contributed by atoms with van der Waals surface area (Å²) in [7, 11) is 1.40. The van der Waals surface area contributed by atoms with Gasteiger partial charge in [-0.1, -0.05) is 23.7 Å². The largest absolute Gasteiger partial charge is 0.473 e. The SMILES string of the molecule is CN(N)C(=O)N(N)c1cccc(Cl)c1COc1cccc(Br)n1. The smallest absolute Gasteiger partial charge is 0.352 e. The molecule has 7 nitrogen and oxygen atoms in total. The number of pyridine rings is 1. The number of benzene rings is 1. The molecular weight excluding hydrogens is 386 g/mol. The first-order valence-electron chi connectivity index (χ1n) is 6.50. The number of hydrogen-bond donors (Lipinski definition) is 2. The topological polar surface area (TPSA) is 97.7 Å². The summed E-state index contributed by atoms with van der Waals surface area (Å²) in [5.41, 5.74) is 0.948. The van der Waals surface area contributed by atoms with Crippen LogP contribution in [0.2, 0.25) is 5.02 Å². The summed E-state index contributed by atoms with van der Waals surface area (Å²) in [6.07, 6.45) is 0. The lowest BCUT2D eigenvalue weighted by molar-refractivity contribution is 0.216. The Kier molecular flexibility index (Phi) is 5.78. The Bertz CT molecular complexity index is 713. The second-order valence-electron chi connectivity index (χ2n) is 4.59. The fourth-order valence-electron chi connectivity index (χ4n) is 1.80. The Morgan fingerprint density at radius 1 is 1.30 bits per heavy atom. The van der Waals surface area contributed by atoms with E-state index in [4.69, 9.17) is 28.0 Å². The highest BCUT2D eigenvalue weighted by molar-refractivity contribution is 9.10. The van der Waals surface area contributed by atoms with Crippen molar-refractivity contribution in [1.82, 2.24) is 9.99 Å². The Morgan fingerprint density at radius 3 is 2.65 bits per heavy atom. The van der Waals surface area contributed by atoms with Crippen LogP contribution in [0.15, 0.2) is 41.0 Å². The second-order valence-corrected chi connectivity index (χ2v) is 5.81. The van der Waals surface area contributed by atoms with Crippen molar-refractivity contribution in [2.45, 2.75) is 6.61 Å². The van der Waals surface area contributed by atoms with Gasteiger partial charge in [-0.15, -0.1) is 0 Å². The summed E-state index contributed by atoms with van der Waals surface area (Å²) in [6, 6.07) is 9.72. The quantitative estimate of drug-likeness (QED) is 0.356. The van der Waals surface area contributed by atoms with E-state index in [2.05, 4.69) is 20.9 Å². The molecule has 1 aromatic heterocycles. The van der Waals surface area contributed by atoms with Gasteiger partial charge in [0.05, 0.1) is 5.69 Å². The van der Waals surface area contributed by atoms with Gasteiger partial charge in [-0.3, -0.25) is 5.01 Å². The zero-order valence-corrected chi connectivity index (χ0v) is 14.6. The van der Waals surface area contributed by atoms with Crippen LogP contribution in [-0.4, -0.2) is 23.1 Å². The molecule has 122 valence electrons. The zero-order valence-electron chi connectivity index (χ0n) is 12.2. The van der Waals surface area contributed by atoms with E-state index in [0.717, 1.165) is 10.0 Å². The van der Waals surface area contributed by atoms with Crippen molar-refractivity contribution in [3.63, 3.8) is 0 Å². The number of hydrazine groups is 2. The van der Waals surface area contributed by atoms with Crippen molar-refractivity contribution >= 4 is 39.2 Å². The van der Waals surface area contributed by atoms with Crippen molar-refractivity contribution < 1.29 is 9.53 Å². The molecule has 0 aliphatic rings. The molecule has 9 heteroatoms. The number of rotatable bonds is 4. The molecule has 2 amide bonds. The normalized spacial score (nSPS) is 10.3. The van der Waals surface area contributed by atoms with Gasteiger partial charge in [0.25, 0.3) is 0 Å². The van der Waals surface area contributed by atoms with Crippen LogP contribution in [-0.2, 0) is 6.61 Å². The Balaban J connectivity index is 2.26. The lowest BCUT2D eigenvalue weighted by atomic mass is 10.2. The van der Waals surface area contributed by atoms with Gasteiger partial charge in [-0.2, -0.15) is 0 Å². The van der Waals surface area contributed by atoms with E-state index in [1.807, 2.05) is 0 Å². The van der Waals surface area contributed by atoms with E-state index in [0.29, 0.717) is 26.8 Å². The molecule has 0 aliphatic heterocycles. The number of aromatic nitrogens is 1. The standard InChI is InChI=1S/C14H15BrClN5O2/c1-20(17)14(22)21(18)11-5-2-4-10(16)9(11)8-23-13-7-3-6-12(15)19-13/h2-7H,8,17-18H2,1H3. The van der Waals surface area contributed by atoms with Crippen LogP contribution < -0.4 is 21.4 Å². The number of ether oxygens (including phenoxy) is 1. The second kappa shape index (κ2) is 7.60. The summed E-state index contributed by atoms with van der Waals surface area (Å²) >= 11 is 9.47. The molecular formula is C14H15BrClN5O2. The van der Waals surface area contributed by atoms with E-state index in [1.54, 1.807) is 36.4 Å². The average Bonchev–Trinajstić information content (AvgIpc) is 2.52. The van der Waals surface area contributed by atoms with Gasteiger partial charge in [0.1, 0.15) is 11.2 Å². The van der Waals surface area contributed by atoms with E-state index in [1.165, 1.54) is 7.05 Å². The monoisotopic (exact) mass is 399 g/mol. The Hall–Kier alpha value is -1.87. The van der Waals surface area contributed by atoms with Gasteiger partial charge in [0.15, 0.2) is 0 Å². The van der Waals surface area contributed by atoms with Gasteiger partial charge in [0, 0.05) is 23.7 Å². The van der Waals surface area contributed by atoms with E-state index in [9.17, 15) is 4.79 Å². The maximum absolute atomic E-state index is 11.9. The maximum Gasteiger partial charge on any atom is 0.352 e. The zero-order chi connectivity index (χ0) is 17.0. The summed E-state index contributed by atoms with van der Waals surface area (Å²) in [5, 5.41) is 2.21. The summed E-state index contributed by atoms with van der Waals surface area (Å²) in [5.74, 6) is 11.7. The molecule has 1 aromatic carbocycles. The van der Waals surface area contributed by atoms with Crippen molar-refractivity contribution in [3.8, 4) is 5.88 Å². The van der Waals surface area contributed by atoms with Crippen molar-refractivity contribution in [2.24, 2.45) is 11.7 Å². The number of amides is 2. The number of carbonyl (C=O) groups is 1. The predicted octanol–water partition coefficient (Wildman–Crippen LogP) is 2.68. The number of carbonyl (C=O) groups excluding carboxylic acids is 1. The molecule has 0 spiro atoms. The highest BCUT2D eigenvalue weighted by Crippen LogP contribution is 2.28. The molecule has 0 aliphatic carbocycles. The first kappa shape index (κ1) is 17.5. The Labute approximate surface area is 146 Å². The summed E-state index contributed by atoms with van der Waals surface area (Å²) < 4.78 is 6.27. The van der Waals surface area contributed by atoms with Crippen molar-refractivity contribution in [1.29, 1.82) is 0 Å². The third-order valence-corrected chi connectivity index (χ3v) is 3.71. The highest BCUT2D eigenvalue weighted by Gasteiger charge is 2.19. The molecule has 0 unspecified atom stereocenters. The van der Waals surface area contributed by atoms with E-state index < -0.39 is 6.03 Å². The maximum atomic E-state index is 11.9. The average molecular weight is 401 g/mol. The molecule has 0 radical (unpaired) electrons. The van der Waals surface area contributed by atoms with Gasteiger partial charge < -0.3 is 4.74 Å². The number of nitrogens with two attached hydrogens (primary N) is 2. The first-order chi connectivity index (χ1) is 10.9.